The van der Waals surface area contributed by atoms with E-state index in [4.69, 9.17) is 9.15 Å². The van der Waals surface area contributed by atoms with Crippen molar-refractivity contribution in [2.24, 2.45) is 0 Å². The summed E-state index contributed by atoms with van der Waals surface area (Å²) in [5.41, 5.74) is 1.47. The van der Waals surface area contributed by atoms with E-state index in [1.807, 2.05) is 43.3 Å². The highest BCUT2D eigenvalue weighted by atomic mass is 19.1. The van der Waals surface area contributed by atoms with E-state index in [0.29, 0.717) is 23.6 Å². The van der Waals surface area contributed by atoms with Crippen LogP contribution >= 0.6 is 0 Å². The molecule has 0 saturated carbocycles. The maximum Gasteiger partial charge on any atom is 0.265 e. The number of ether oxygens (including phenoxy) is 1. The van der Waals surface area contributed by atoms with E-state index in [1.54, 1.807) is 30.3 Å². The van der Waals surface area contributed by atoms with Gasteiger partial charge in [0.2, 0.25) is 5.89 Å². The first kappa shape index (κ1) is 20.3. The van der Waals surface area contributed by atoms with Crippen LogP contribution < -0.4 is 10.1 Å². The van der Waals surface area contributed by atoms with Crippen LogP contribution in [0.1, 0.15) is 13.3 Å². The van der Waals surface area contributed by atoms with Gasteiger partial charge in [-0.05, 0) is 42.8 Å². The highest BCUT2D eigenvalue weighted by molar-refractivity contribution is 5.94. The molecule has 156 valence electrons. The molecule has 1 aromatic heterocycles. The van der Waals surface area contributed by atoms with Crippen LogP contribution in [0.5, 0.6) is 5.75 Å². The number of rotatable bonds is 7. The number of hydrogen-bond donors (Lipinski definition) is 1. The van der Waals surface area contributed by atoms with E-state index in [1.165, 1.54) is 12.1 Å². The second kappa shape index (κ2) is 9.21. The molecule has 0 saturated heterocycles. The summed E-state index contributed by atoms with van der Waals surface area (Å²) in [6, 6.07) is 22.5. The Bertz CT molecular complexity index is 1180. The summed E-state index contributed by atoms with van der Waals surface area (Å²) in [5, 5.41) is 10.8. The predicted molar refractivity (Wildman–Crippen MR) is 115 cm³/mol. The number of amides is 1. The Hall–Kier alpha value is -4.00. The summed E-state index contributed by atoms with van der Waals surface area (Å²) in [6.07, 6.45) is -0.453. The number of benzene rings is 3. The van der Waals surface area contributed by atoms with Crippen LogP contribution in [0.3, 0.4) is 0 Å². The number of nitrogens with one attached hydrogen (secondary N) is 1. The third-order valence-corrected chi connectivity index (χ3v) is 4.63. The van der Waals surface area contributed by atoms with Gasteiger partial charge in [-0.1, -0.05) is 49.4 Å². The van der Waals surface area contributed by atoms with E-state index in [9.17, 15) is 9.18 Å². The summed E-state index contributed by atoms with van der Waals surface area (Å²) in [6.45, 7) is 1.81. The number of aromatic nitrogens is 2. The lowest BCUT2D eigenvalue weighted by atomic mass is 10.2. The molecule has 31 heavy (non-hydrogen) atoms. The van der Waals surface area contributed by atoms with Gasteiger partial charge in [0.25, 0.3) is 11.8 Å². The smallest absolute Gasteiger partial charge is 0.265 e. The number of carbonyl (C=O) groups excluding carboxylic acids is 1. The zero-order chi connectivity index (χ0) is 21.6. The standard InChI is InChI=1S/C24H20FN3O3/c1-2-20(22(29)26-19-14-8-7-13-18(19)25)30-21-15-9-6-12-17(21)24-28-27-23(31-24)16-10-4-3-5-11-16/h3-15,20H,2H2,1H3,(H,26,29)/t20-/m1/s1. The number of hydrogen-bond acceptors (Lipinski definition) is 5. The minimum absolute atomic E-state index is 0.104. The van der Waals surface area contributed by atoms with Crippen molar-refractivity contribution >= 4 is 11.6 Å². The maximum absolute atomic E-state index is 13.9. The van der Waals surface area contributed by atoms with Crippen LogP contribution in [-0.4, -0.2) is 22.2 Å². The molecule has 0 aliphatic carbocycles. The fourth-order valence-electron chi connectivity index (χ4n) is 3.03. The summed E-state index contributed by atoms with van der Waals surface area (Å²) in [7, 11) is 0. The number of halogens is 1. The fraction of sp³-hybridized carbons (Fsp3) is 0.125. The second-order valence-corrected chi connectivity index (χ2v) is 6.76. The Balaban J connectivity index is 1.56. The molecule has 0 fully saturated rings. The summed E-state index contributed by atoms with van der Waals surface area (Å²) in [5.74, 6) is 0.123. The molecular weight excluding hydrogens is 397 g/mol. The van der Waals surface area contributed by atoms with Gasteiger partial charge >= 0.3 is 0 Å². The monoisotopic (exact) mass is 417 g/mol. The third kappa shape index (κ3) is 4.61. The van der Waals surface area contributed by atoms with Gasteiger partial charge in [-0.25, -0.2) is 4.39 Å². The maximum atomic E-state index is 13.9. The molecule has 7 heteroatoms. The summed E-state index contributed by atoms with van der Waals surface area (Å²) in [4.78, 5) is 12.7. The minimum atomic E-state index is -0.836. The largest absolute Gasteiger partial charge is 0.480 e. The van der Waals surface area contributed by atoms with Crippen molar-refractivity contribution in [3.63, 3.8) is 0 Å². The Morgan fingerprint density at radius 3 is 2.42 bits per heavy atom. The molecule has 1 atom stereocenters. The van der Waals surface area contributed by atoms with Crippen molar-refractivity contribution in [2.75, 3.05) is 5.32 Å². The topological polar surface area (TPSA) is 77.2 Å². The Labute approximate surface area is 178 Å². The number of para-hydroxylation sites is 2. The first-order valence-corrected chi connectivity index (χ1v) is 9.86. The molecule has 0 unspecified atom stereocenters. The SMILES string of the molecule is CC[C@@H](Oc1ccccc1-c1nnc(-c2ccccc2)o1)C(=O)Nc1ccccc1F. The molecule has 4 rings (SSSR count). The third-order valence-electron chi connectivity index (χ3n) is 4.63. The van der Waals surface area contributed by atoms with Crippen molar-refractivity contribution < 1.29 is 18.3 Å². The van der Waals surface area contributed by atoms with Crippen LogP contribution in [-0.2, 0) is 4.79 Å². The van der Waals surface area contributed by atoms with E-state index < -0.39 is 17.8 Å². The van der Waals surface area contributed by atoms with E-state index >= 15 is 0 Å². The molecule has 3 aromatic carbocycles. The van der Waals surface area contributed by atoms with Crippen LogP contribution in [0.25, 0.3) is 22.9 Å². The van der Waals surface area contributed by atoms with Gasteiger partial charge in [-0.15, -0.1) is 10.2 Å². The second-order valence-electron chi connectivity index (χ2n) is 6.76. The first-order valence-electron chi connectivity index (χ1n) is 9.86. The van der Waals surface area contributed by atoms with Crippen LogP contribution in [0.4, 0.5) is 10.1 Å². The predicted octanol–water partition coefficient (Wildman–Crippen LogP) is 5.34. The van der Waals surface area contributed by atoms with Crippen molar-refractivity contribution in [3.8, 4) is 28.7 Å². The highest BCUT2D eigenvalue weighted by Gasteiger charge is 2.22. The number of anilines is 1. The summed E-state index contributed by atoms with van der Waals surface area (Å²) < 4.78 is 25.7. The van der Waals surface area contributed by atoms with Crippen molar-refractivity contribution in [3.05, 3.63) is 84.7 Å². The Morgan fingerprint density at radius 2 is 1.65 bits per heavy atom. The highest BCUT2D eigenvalue weighted by Crippen LogP contribution is 2.32. The molecule has 0 aliphatic heterocycles. The van der Waals surface area contributed by atoms with Gasteiger partial charge in [0, 0.05) is 5.56 Å². The van der Waals surface area contributed by atoms with Gasteiger partial charge in [0.1, 0.15) is 11.6 Å². The fourth-order valence-corrected chi connectivity index (χ4v) is 3.03. The van der Waals surface area contributed by atoms with Gasteiger partial charge in [-0.3, -0.25) is 4.79 Å². The van der Waals surface area contributed by atoms with E-state index in [-0.39, 0.29) is 11.6 Å². The lowest BCUT2D eigenvalue weighted by Crippen LogP contribution is -2.32. The van der Waals surface area contributed by atoms with Gasteiger partial charge in [0.05, 0.1) is 11.3 Å². The van der Waals surface area contributed by atoms with Crippen molar-refractivity contribution in [1.82, 2.24) is 10.2 Å². The molecule has 1 amide bonds. The zero-order valence-corrected chi connectivity index (χ0v) is 16.8. The molecule has 0 spiro atoms. The first-order chi connectivity index (χ1) is 15.2. The molecule has 0 radical (unpaired) electrons. The average molecular weight is 417 g/mol. The normalized spacial score (nSPS) is 11.7. The molecule has 1 N–H and O–H groups in total. The lowest BCUT2D eigenvalue weighted by molar-refractivity contribution is -0.122. The molecule has 0 aliphatic rings. The van der Waals surface area contributed by atoms with E-state index in [2.05, 4.69) is 15.5 Å². The molecule has 1 heterocycles. The minimum Gasteiger partial charge on any atom is -0.480 e. The average Bonchev–Trinajstić information content (AvgIpc) is 3.30. The van der Waals surface area contributed by atoms with Gasteiger partial charge in [0.15, 0.2) is 6.10 Å². The van der Waals surface area contributed by atoms with Crippen molar-refractivity contribution in [2.45, 2.75) is 19.4 Å². The van der Waals surface area contributed by atoms with Crippen molar-refractivity contribution in [1.29, 1.82) is 0 Å². The number of nitrogens with zero attached hydrogens (tertiary/aromatic N) is 2. The van der Waals surface area contributed by atoms with E-state index in [0.717, 1.165) is 5.56 Å². The lowest BCUT2D eigenvalue weighted by Gasteiger charge is -2.18. The molecule has 6 nitrogen and oxygen atoms in total. The molecule has 0 bridgehead atoms. The van der Waals surface area contributed by atoms with Crippen LogP contribution in [0, 0.1) is 5.82 Å². The Morgan fingerprint density at radius 1 is 0.968 bits per heavy atom. The zero-order valence-electron chi connectivity index (χ0n) is 16.8. The van der Waals surface area contributed by atoms with Gasteiger partial charge < -0.3 is 14.5 Å². The van der Waals surface area contributed by atoms with Crippen LogP contribution in [0.2, 0.25) is 0 Å². The summed E-state index contributed by atoms with van der Waals surface area (Å²) >= 11 is 0. The number of carbonyl (C=O) groups is 1. The molecule has 4 aromatic rings. The quantitative estimate of drug-likeness (QED) is 0.439. The van der Waals surface area contributed by atoms with Crippen LogP contribution in [0.15, 0.2) is 83.3 Å². The Kier molecular flexibility index (Phi) is 6.03. The van der Waals surface area contributed by atoms with Gasteiger partial charge in [-0.2, -0.15) is 0 Å². The molecular formula is C24H20FN3O3.